The topological polar surface area (TPSA) is 32.9 Å². The lowest BCUT2D eigenvalue weighted by molar-refractivity contribution is 0.102. The second kappa shape index (κ2) is 5.55. The van der Waals surface area contributed by atoms with Gasteiger partial charge in [-0.15, -0.1) is 11.8 Å². The van der Waals surface area contributed by atoms with Crippen molar-refractivity contribution in [2.45, 2.75) is 11.8 Å². The quantitative estimate of drug-likeness (QED) is 0.566. The van der Waals surface area contributed by atoms with Crippen LogP contribution in [0, 0.1) is 6.92 Å². The molecule has 3 rings (SSSR count). The number of Topliss-reactive ketones (excluding diaryl/α,β-unsaturated/α-hetero) is 1. The van der Waals surface area contributed by atoms with Gasteiger partial charge in [-0.05, 0) is 25.1 Å². The van der Waals surface area contributed by atoms with Crippen molar-refractivity contribution in [2.24, 2.45) is 0 Å². The van der Waals surface area contributed by atoms with Gasteiger partial charge in [0.1, 0.15) is 0 Å². The molecule has 100 valence electrons. The van der Waals surface area contributed by atoms with Gasteiger partial charge in [-0.3, -0.25) is 4.79 Å². The highest BCUT2D eigenvalue weighted by Gasteiger charge is 2.11. The molecule has 0 fully saturated rings. The highest BCUT2D eigenvalue weighted by molar-refractivity contribution is 8.00. The van der Waals surface area contributed by atoms with Crippen molar-refractivity contribution in [3.05, 3.63) is 65.9 Å². The van der Waals surface area contributed by atoms with E-state index < -0.39 is 0 Å². The Balaban J connectivity index is 1.76. The minimum absolute atomic E-state index is 0.161. The molecule has 0 atom stereocenters. The van der Waals surface area contributed by atoms with Crippen molar-refractivity contribution in [1.82, 2.24) is 4.98 Å². The number of carbonyl (C=O) groups is 1. The number of H-pyrrole nitrogens is 1. The van der Waals surface area contributed by atoms with Crippen molar-refractivity contribution in [2.75, 3.05) is 5.75 Å². The molecule has 1 heterocycles. The van der Waals surface area contributed by atoms with Gasteiger partial charge in [0.05, 0.1) is 5.75 Å². The Labute approximate surface area is 122 Å². The number of fused-ring (bicyclic) bond motifs is 1. The fraction of sp³-hybridized carbons (Fsp3) is 0.118. The van der Waals surface area contributed by atoms with Crippen LogP contribution in [0.15, 0.2) is 59.6 Å². The van der Waals surface area contributed by atoms with E-state index in [1.165, 1.54) is 5.56 Å². The van der Waals surface area contributed by atoms with Crippen LogP contribution in [0.2, 0.25) is 0 Å². The van der Waals surface area contributed by atoms with E-state index in [1.54, 1.807) is 11.8 Å². The van der Waals surface area contributed by atoms with Gasteiger partial charge in [-0.25, -0.2) is 0 Å². The van der Waals surface area contributed by atoms with Gasteiger partial charge in [-0.2, -0.15) is 0 Å². The minimum Gasteiger partial charge on any atom is -0.360 e. The summed E-state index contributed by atoms with van der Waals surface area (Å²) in [6, 6.07) is 16.1. The molecule has 3 heteroatoms. The number of rotatable bonds is 4. The number of hydrogen-bond donors (Lipinski definition) is 1. The number of carbonyl (C=O) groups excluding carboxylic acids is 1. The Morgan fingerprint density at radius 2 is 2.00 bits per heavy atom. The van der Waals surface area contributed by atoms with Crippen molar-refractivity contribution in [3.63, 3.8) is 0 Å². The van der Waals surface area contributed by atoms with Crippen molar-refractivity contribution < 1.29 is 4.79 Å². The molecule has 0 aliphatic rings. The van der Waals surface area contributed by atoms with E-state index in [9.17, 15) is 4.79 Å². The number of aryl methyl sites for hydroxylation is 1. The summed E-state index contributed by atoms with van der Waals surface area (Å²) in [6.45, 7) is 2.06. The lowest BCUT2D eigenvalue weighted by Crippen LogP contribution is -2.01. The summed E-state index contributed by atoms with van der Waals surface area (Å²) < 4.78 is 0. The van der Waals surface area contributed by atoms with E-state index in [-0.39, 0.29) is 5.78 Å². The second-order valence-corrected chi connectivity index (χ2v) is 5.83. The summed E-state index contributed by atoms with van der Waals surface area (Å²) >= 11 is 1.59. The first kappa shape index (κ1) is 13.0. The molecule has 3 aromatic rings. The molecule has 0 saturated carbocycles. The van der Waals surface area contributed by atoms with Crippen molar-refractivity contribution >= 4 is 28.4 Å². The van der Waals surface area contributed by atoms with Gasteiger partial charge in [0.25, 0.3) is 0 Å². The Hall–Kier alpha value is -2.00. The predicted octanol–water partition coefficient (Wildman–Crippen LogP) is 4.45. The van der Waals surface area contributed by atoms with Crippen LogP contribution in [0.5, 0.6) is 0 Å². The summed E-state index contributed by atoms with van der Waals surface area (Å²) in [5, 5.41) is 1.00. The summed E-state index contributed by atoms with van der Waals surface area (Å²) in [5.41, 5.74) is 3.01. The average molecular weight is 281 g/mol. The number of aromatic amines is 1. The fourth-order valence-electron chi connectivity index (χ4n) is 2.23. The number of benzene rings is 2. The van der Waals surface area contributed by atoms with Crippen LogP contribution < -0.4 is 0 Å². The van der Waals surface area contributed by atoms with Gasteiger partial charge >= 0.3 is 0 Å². The smallest absolute Gasteiger partial charge is 0.175 e. The third kappa shape index (κ3) is 2.63. The molecule has 0 aliphatic heterocycles. The Bertz CT molecular complexity index is 760. The molecule has 0 bridgehead atoms. The maximum atomic E-state index is 12.3. The molecule has 0 spiro atoms. The van der Waals surface area contributed by atoms with Crippen LogP contribution in [0.25, 0.3) is 10.9 Å². The first-order valence-electron chi connectivity index (χ1n) is 6.53. The molecule has 20 heavy (non-hydrogen) atoms. The highest BCUT2D eigenvalue weighted by atomic mass is 32.2. The van der Waals surface area contributed by atoms with Crippen LogP contribution in [0.3, 0.4) is 0 Å². The zero-order valence-electron chi connectivity index (χ0n) is 11.2. The summed E-state index contributed by atoms with van der Waals surface area (Å²) in [6.07, 6.45) is 1.81. The van der Waals surface area contributed by atoms with Crippen molar-refractivity contribution in [3.8, 4) is 0 Å². The lowest BCUT2D eigenvalue weighted by Gasteiger charge is -2.02. The van der Waals surface area contributed by atoms with Gasteiger partial charge in [0.2, 0.25) is 0 Å². The van der Waals surface area contributed by atoms with Gasteiger partial charge in [0.15, 0.2) is 5.78 Å². The van der Waals surface area contributed by atoms with E-state index in [4.69, 9.17) is 0 Å². The first-order chi connectivity index (χ1) is 9.74. The zero-order valence-corrected chi connectivity index (χ0v) is 12.0. The predicted molar refractivity (Wildman–Crippen MR) is 84.5 cm³/mol. The van der Waals surface area contributed by atoms with Crippen LogP contribution in [-0.2, 0) is 0 Å². The fourth-order valence-corrected chi connectivity index (χ4v) is 3.13. The maximum Gasteiger partial charge on any atom is 0.175 e. The first-order valence-corrected chi connectivity index (χ1v) is 7.51. The lowest BCUT2D eigenvalue weighted by atomic mass is 10.1. The van der Waals surface area contributed by atoms with E-state index in [0.29, 0.717) is 5.75 Å². The molecule has 2 aromatic carbocycles. The molecule has 0 amide bonds. The molecular formula is C17H15NOS. The monoisotopic (exact) mass is 281 g/mol. The maximum absolute atomic E-state index is 12.3. The standard InChI is InChI=1S/C17H15NOS/c1-12-5-4-6-13(9-12)20-11-17(19)15-10-18-16-8-3-2-7-14(15)16/h2-10,18H,11H2,1H3. The molecule has 2 nitrogen and oxygen atoms in total. The Morgan fingerprint density at radius 1 is 1.15 bits per heavy atom. The Morgan fingerprint density at radius 3 is 2.85 bits per heavy atom. The SMILES string of the molecule is Cc1cccc(SCC(=O)c2c[nH]c3ccccc23)c1. The third-order valence-corrected chi connectivity index (χ3v) is 4.24. The van der Waals surface area contributed by atoms with E-state index in [2.05, 4.69) is 24.0 Å². The van der Waals surface area contributed by atoms with E-state index in [1.807, 2.05) is 42.6 Å². The van der Waals surface area contributed by atoms with E-state index >= 15 is 0 Å². The molecule has 1 aromatic heterocycles. The molecular weight excluding hydrogens is 266 g/mol. The molecule has 0 saturated heterocycles. The van der Waals surface area contributed by atoms with Crippen LogP contribution >= 0.6 is 11.8 Å². The van der Waals surface area contributed by atoms with E-state index in [0.717, 1.165) is 21.4 Å². The summed E-state index contributed by atoms with van der Waals surface area (Å²) in [5.74, 6) is 0.625. The summed E-state index contributed by atoms with van der Waals surface area (Å²) in [7, 11) is 0. The van der Waals surface area contributed by atoms with Crippen molar-refractivity contribution in [1.29, 1.82) is 0 Å². The number of thioether (sulfide) groups is 1. The largest absolute Gasteiger partial charge is 0.360 e. The number of para-hydroxylation sites is 1. The van der Waals surface area contributed by atoms with Gasteiger partial charge < -0.3 is 4.98 Å². The normalized spacial score (nSPS) is 10.8. The molecule has 0 aliphatic carbocycles. The van der Waals surface area contributed by atoms with Crippen LogP contribution in [-0.4, -0.2) is 16.5 Å². The summed E-state index contributed by atoms with van der Waals surface area (Å²) in [4.78, 5) is 16.6. The van der Waals surface area contributed by atoms with Gasteiger partial charge in [-0.1, -0.05) is 35.9 Å². The van der Waals surface area contributed by atoms with Crippen LogP contribution in [0.1, 0.15) is 15.9 Å². The number of nitrogens with one attached hydrogen (secondary N) is 1. The third-order valence-electron chi connectivity index (χ3n) is 3.25. The second-order valence-electron chi connectivity index (χ2n) is 4.78. The molecule has 0 unspecified atom stereocenters. The number of aromatic nitrogens is 1. The van der Waals surface area contributed by atoms with Gasteiger partial charge in [0, 0.05) is 27.6 Å². The minimum atomic E-state index is 0.161. The zero-order chi connectivity index (χ0) is 13.9. The highest BCUT2D eigenvalue weighted by Crippen LogP contribution is 2.23. The molecule has 1 N–H and O–H groups in total. The average Bonchev–Trinajstić information content (AvgIpc) is 2.89. The Kier molecular flexibility index (Phi) is 3.61. The number of ketones is 1. The van der Waals surface area contributed by atoms with Crippen LogP contribution in [0.4, 0.5) is 0 Å². The number of hydrogen-bond acceptors (Lipinski definition) is 2. The molecule has 0 radical (unpaired) electrons.